The van der Waals surface area contributed by atoms with Crippen LogP contribution >= 0.6 is 0 Å². The highest BCUT2D eigenvalue weighted by molar-refractivity contribution is 5.56. The Labute approximate surface area is 179 Å². The molecule has 1 atom stereocenters. The van der Waals surface area contributed by atoms with Crippen molar-refractivity contribution in [2.45, 2.75) is 32.4 Å². The molecule has 2 aromatic heterocycles. The summed E-state index contributed by atoms with van der Waals surface area (Å²) in [6, 6.07) is 11.2. The molecule has 0 radical (unpaired) electrons. The van der Waals surface area contributed by atoms with Gasteiger partial charge in [0.05, 0.1) is 24.9 Å². The van der Waals surface area contributed by atoms with Crippen LogP contribution in [0.15, 0.2) is 65.3 Å². The number of nitriles is 1. The molecule has 158 valence electrons. The van der Waals surface area contributed by atoms with Crippen LogP contribution in [-0.2, 0) is 13.1 Å². The Morgan fingerprint density at radius 3 is 2.87 bits per heavy atom. The quantitative estimate of drug-likeness (QED) is 0.661. The van der Waals surface area contributed by atoms with Crippen LogP contribution in [0.5, 0.6) is 11.5 Å². The van der Waals surface area contributed by atoms with Crippen LogP contribution in [0, 0.1) is 18.3 Å². The first-order valence-corrected chi connectivity index (χ1v) is 9.95. The highest BCUT2D eigenvalue weighted by atomic mass is 16.5. The van der Waals surface area contributed by atoms with Crippen molar-refractivity contribution in [3.05, 3.63) is 87.7 Å². The van der Waals surface area contributed by atoms with Crippen LogP contribution in [0.4, 0.5) is 0 Å². The van der Waals surface area contributed by atoms with Crippen molar-refractivity contribution in [2.75, 3.05) is 7.11 Å². The number of fused-ring (bicyclic) bond motifs is 1. The summed E-state index contributed by atoms with van der Waals surface area (Å²) in [5.74, 6) is 0.406. The molecule has 0 aliphatic carbocycles. The van der Waals surface area contributed by atoms with Gasteiger partial charge in [-0.25, -0.2) is 4.98 Å². The van der Waals surface area contributed by atoms with Crippen LogP contribution in [0.1, 0.15) is 29.2 Å². The monoisotopic (exact) mass is 417 g/mol. The number of methoxy groups -OCH3 is 1. The van der Waals surface area contributed by atoms with Gasteiger partial charge in [-0.1, -0.05) is 12.1 Å². The molecule has 1 unspecified atom stereocenters. The zero-order valence-electron chi connectivity index (χ0n) is 17.4. The summed E-state index contributed by atoms with van der Waals surface area (Å²) >= 11 is 0. The Morgan fingerprint density at radius 1 is 1.32 bits per heavy atom. The van der Waals surface area contributed by atoms with Crippen molar-refractivity contribution in [2.24, 2.45) is 5.73 Å². The Hall–Kier alpha value is -3.99. The number of rotatable bonds is 6. The van der Waals surface area contributed by atoms with Crippen LogP contribution in [0.25, 0.3) is 0 Å². The first-order valence-electron chi connectivity index (χ1n) is 9.95. The fourth-order valence-electron chi connectivity index (χ4n) is 3.95. The predicted octanol–water partition coefficient (Wildman–Crippen LogP) is 2.67. The second-order valence-corrected chi connectivity index (χ2v) is 7.38. The van der Waals surface area contributed by atoms with E-state index in [0.29, 0.717) is 23.6 Å². The molecule has 0 spiro atoms. The maximum atomic E-state index is 13.6. The van der Waals surface area contributed by atoms with Gasteiger partial charge >= 0.3 is 0 Å². The van der Waals surface area contributed by atoms with Crippen LogP contribution < -0.4 is 20.8 Å². The SMILES string of the molecule is COc1cccc(C2C(C#N)=C(N)Oc3cc(C)n(CCCn4ccnc4)c(=O)c32)c1. The predicted molar refractivity (Wildman–Crippen MR) is 115 cm³/mol. The number of nitrogens with two attached hydrogens (primary N) is 1. The second-order valence-electron chi connectivity index (χ2n) is 7.38. The lowest BCUT2D eigenvalue weighted by molar-refractivity contribution is 0.387. The van der Waals surface area contributed by atoms with Gasteiger partial charge in [-0.15, -0.1) is 0 Å². The standard InChI is InChI=1S/C23H23N5O3/c1-15-11-19-21(23(29)28(15)9-4-8-27-10-7-26-14-27)20(18(13-24)22(25)31-19)16-5-3-6-17(12-16)30-2/h3,5-7,10-12,14,20H,4,8-9,25H2,1-2H3. The summed E-state index contributed by atoms with van der Waals surface area (Å²) in [6.07, 6.45) is 6.13. The number of imidazole rings is 1. The summed E-state index contributed by atoms with van der Waals surface area (Å²) in [6.45, 7) is 3.14. The molecule has 0 saturated carbocycles. The topological polar surface area (TPSA) is 108 Å². The molecule has 4 rings (SSSR count). The fourth-order valence-corrected chi connectivity index (χ4v) is 3.95. The van der Waals surface area contributed by atoms with Gasteiger partial charge in [-0.2, -0.15) is 5.26 Å². The van der Waals surface area contributed by atoms with Crippen molar-refractivity contribution < 1.29 is 9.47 Å². The van der Waals surface area contributed by atoms with E-state index in [0.717, 1.165) is 24.2 Å². The van der Waals surface area contributed by atoms with Gasteiger partial charge in [-0.05, 0) is 31.0 Å². The third kappa shape index (κ3) is 3.78. The van der Waals surface area contributed by atoms with Crippen LogP contribution in [-0.4, -0.2) is 21.2 Å². The van der Waals surface area contributed by atoms with Crippen molar-refractivity contribution in [3.63, 3.8) is 0 Å². The molecular weight excluding hydrogens is 394 g/mol. The molecule has 0 fully saturated rings. The van der Waals surface area contributed by atoms with E-state index in [1.165, 1.54) is 0 Å². The number of benzene rings is 1. The van der Waals surface area contributed by atoms with Crippen LogP contribution in [0.3, 0.4) is 0 Å². The molecule has 0 saturated heterocycles. The minimum absolute atomic E-state index is 0.0134. The van der Waals surface area contributed by atoms with E-state index < -0.39 is 5.92 Å². The minimum Gasteiger partial charge on any atom is -0.497 e. The molecule has 3 heterocycles. The van der Waals surface area contributed by atoms with Gasteiger partial charge < -0.3 is 24.3 Å². The van der Waals surface area contributed by atoms with E-state index in [4.69, 9.17) is 15.2 Å². The molecule has 1 aliphatic heterocycles. The van der Waals surface area contributed by atoms with Gasteiger partial charge in [-0.3, -0.25) is 4.79 Å². The number of aromatic nitrogens is 3. The summed E-state index contributed by atoms with van der Waals surface area (Å²) in [4.78, 5) is 17.6. The van der Waals surface area contributed by atoms with Crippen molar-refractivity contribution >= 4 is 0 Å². The number of nitrogens with zero attached hydrogens (tertiary/aromatic N) is 4. The normalized spacial score (nSPS) is 15.2. The highest BCUT2D eigenvalue weighted by Gasteiger charge is 2.34. The first-order chi connectivity index (χ1) is 15.0. The van der Waals surface area contributed by atoms with E-state index in [9.17, 15) is 10.1 Å². The number of allylic oxidation sites excluding steroid dienone is 1. The molecule has 2 N–H and O–H groups in total. The number of pyridine rings is 1. The molecule has 31 heavy (non-hydrogen) atoms. The number of hydrogen-bond donors (Lipinski definition) is 1. The maximum Gasteiger partial charge on any atom is 0.258 e. The largest absolute Gasteiger partial charge is 0.497 e. The zero-order valence-corrected chi connectivity index (χ0v) is 17.4. The average Bonchev–Trinajstić information content (AvgIpc) is 3.28. The lowest BCUT2D eigenvalue weighted by Gasteiger charge is -2.27. The van der Waals surface area contributed by atoms with Crippen molar-refractivity contribution in [1.29, 1.82) is 5.26 Å². The van der Waals surface area contributed by atoms with Gasteiger partial charge in [0, 0.05) is 37.2 Å². The van der Waals surface area contributed by atoms with E-state index in [2.05, 4.69) is 11.1 Å². The molecule has 0 amide bonds. The zero-order chi connectivity index (χ0) is 22.0. The maximum absolute atomic E-state index is 13.6. The summed E-state index contributed by atoms with van der Waals surface area (Å²) in [5, 5.41) is 9.79. The molecule has 8 nitrogen and oxygen atoms in total. The van der Waals surface area contributed by atoms with E-state index >= 15 is 0 Å². The van der Waals surface area contributed by atoms with Crippen molar-refractivity contribution in [1.82, 2.24) is 14.1 Å². The Bertz CT molecular complexity index is 1240. The van der Waals surface area contributed by atoms with Gasteiger partial charge in [0.15, 0.2) is 0 Å². The lowest BCUT2D eigenvalue weighted by Crippen LogP contribution is -2.33. The first kappa shape index (κ1) is 20.3. The third-order valence-corrected chi connectivity index (χ3v) is 5.47. The Balaban J connectivity index is 1.78. The Morgan fingerprint density at radius 2 is 2.16 bits per heavy atom. The van der Waals surface area contributed by atoms with Gasteiger partial charge in [0.1, 0.15) is 23.1 Å². The number of aryl methyl sites for hydroxylation is 2. The van der Waals surface area contributed by atoms with E-state index in [1.54, 1.807) is 24.2 Å². The van der Waals surface area contributed by atoms with E-state index in [-0.39, 0.29) is 17.0 Å². The summed E-state index contributed by atoms with van der Waals surface area (Å²) in [7, 11) is 1.57. The second kappa shape index (κ2) is 8.40. The smallest absolute Gasteiger partial charge is 0.258 e. The molecule has 3 aromatic rings. The summed E-state index contributed by atoms with van der Waals surface area (Å²) in [5.41, 5.74) is 8.01. The Kier molecular flexibility index (Phi) is 5.50. The van der Waals surface area contributed by atoms with E-state index in [1.807, 2.05) is 48.0 Å². The van der Waals surface area contributed by atoms with Crippen LogP contribution in [0.2, 0.25) is 0 Å². The molecule has 0 bridgehead atoms. The number of ether oxygens (including phenoxy) is 2. The third-order valence-electron chi connectivity index (χ3n) is 5.47. The van der Waals surface area contributed by atoms with Crippen molar-refractivity contribution in [3.8, 4) is 17.6 Å². The number of hydrogen-bond acceptors (Lipinski definition) is 6. The summed E-state index contributed by atoms with van der Waals surface area (Å²) < 4.78 is 14.7. The van der Waals surface area contributed by atoms with Gasteiger partial charge in [0.25, 0.3) is 5.56 Å². The van der Waals surface area contributed by atoms with Gasteiger partial charge in [0.2, 0.25) is 5.88 Å². The molecule has 1 aliphatic rings. The fraction of sp³-hybridized carbons (Fsp3) is 0.261. The molecular formula is C23H23N5O3. The molecule has 1 aromatic carbocycles. The average molecular weight is 417 g/mol. The lowest BCUT2D eigenvalue weighted by atomic mass is 9.84. The highest BCUT2D eigenvalue weighted by Crippen LogP contribution is 2.41. The minimum atomic E-state index is -0.628. The molecule has 8 heteroatoms.